The van der Waals surface area contributed by atoms with Crippen molar-refractivity contribution in [3.63, 3.8) is 0 Å². The molecule has 2 rings (SSSR count). The number of carbonyl (C=O) groups is 2. The fourth-order valence-electron chi connectivity index (χ4n) is 1.52. The van der Waals surface area contributed by atoms with E-state index < -0.39 is 11.9 Å². The molecule has 21 heavy (non-hydrogen) atoms. The van der Waals surface area contributed by atoms with Gasteiger partial charge in [-0.15, -0.1) is 5.10 Å². The third kappa shape index (κ3) is 3.57. The summed E-state index contributed by atoms with van der Waals surface area (Å²) in [4.78, 5) is 27.2. The van der Waals surface area contributed by atoms with Crippen LogP contribution in [0.3, 0.4) is 0 Å². The van der Waals surface area contributed by atoms with Crippen molar-refractivity contribution in [2.75, 3.05) is 17.7 Å². The summed E-state index contributed by atoms with van der Waals surface area (Å²) < 4.78 is 5.43. The van der Waals surface area contributed by atoms with E-state index >= 15 is 0 Å². The van der Waals surface area contributed by atoms with Crippen LogP contribution in [0, 0.1) is 0 Å². The number of H-pyrrole nitrogens is 1. The molecule has 0 bridgehead atoms. The summed E-state index contributed by atoms with van der Waals surface area (Å²) in [6.45, 7) is 2.02. The van der Waals surface area contributed by atoms with E-state index in [1.807, 2.05) is 0 Å². The summed E-state index contributed by atoms with van der Waals surface area (Å²) >= 11 is 3.28. The van der Waals surface area contributed by atoms with Gasteiger partial charge in [0.25, 0.3) is 5.91 Å². The van der Waals surface area contributed by atoms with Gasteiger partial charge in [-0.1, -0.05) is 0 Å². The molecule has 0 fully saturated rings. The van der Waals surface area contributed by atoms with Crippen molar-refractivity contribution in [1.29, 1.82) is 0 Å². The Balaban J connectivity index is 2.14. The minimum Gasteiger partial charge on any atom is -0.462 e. The number of esters is 1. The number of anilines is 2. The molecule has 1 aromatic heterocycles. The quantitative estimate of drug-likeness (QED) is 0.717. The van der Waals surface area contributed by atoms with Crippen molar-refractivity contribution in [2.24, 2.45) is 0 Å². The van der Waals surface area contributed by atoms with E-state index in [0.717, 1.165) is 0 Å². The number of aromatic nitrogens is 3. The van der Waals surface area contributed by atoms with Gasteiger partial charge >= 0.3 is 5.97 Å². The molecule has 0 saturated heterocycles. The van der Waals surface area contributed by atoms with Gasteiger partial charge in [-0.2, -0.15) is 4.98 Å². The van der Waals surface area contributed by atoms with Crippen molar-refractivity contribution >= 4 is 39.4 Å². The summed E-state index contributed by atoms with van der Waals surface area (Å²) in [6.07, 6.45) is 0. The third-order valence-corrected chi connectivity index (χ3v) is 3.10. The molecule has 0 aliphatic heterocycles. The number of nitrogen functional groups attached to an aromatic ring is 1. The number of rotatable bonds is 4. The Morgan fingerprint density at radius 3 is 2.81 bits per heavy atom. The van der Waals surface area contributed by atoms with E-state index in [4.69, 9.17) is 10.5 Å². The molecule has 9 heteroatoms. The molecule has 1 amide bonds. The van der Waals surface area contributed by atoms with Crippen LogP contribution in [0.5, 0.6) is 0 Å². The molecule has 8 nitrogen and oxygen atoms in total. The summed E-state index contributed by atoms with van der Waals surface area (Å²) in [5.41, 5.74) is 6.18. The number of benzene rings is 1. The fraction of sp³-hybridized carbons (Fsp3) is 0.167. The van der Waals surface area contributed by atoms with Crippen LogP contribution in [0.1, 0.15) is 27.9 Å². The first-order chi connectivity index (χ1) is 10.0. The minimum atomic E-state index is -0.496. The van der Waals surface area contributed by atoms with Gasteiger partial charge < -0.3 is 15.8 Å². The molecular formula is C12H12BrN5O3. The van der Waals surface area contributed by atoms with Gasteiger partial charge in [0.2, 0.25) is 11.8 Å². The Hall–Kier alpha value is -2.42. The standard InChI is InChI=1S/C12H12BrN5O3/c1-2-21-11(20)6-3-4-8(7(13)5-6)15-10(19)9-16-12(14)18-17-9/h3-5H,2H2,1H3,(H,15,19)(H3,14,16,17,18). The van der Waals surface area contributed by atoms with Gasteiger partial charge in [-0.3, -0.25) is 9.89 Å². The third-order valence-electron chi connectivity index (χ3n) is 2.45. The molecule has 0 unspecified atom stereocenters. The highest BCUT2D eigenvalue weighted by molar-refractivity contribution is 9.10. The highest BCUT2D eigenvalue weighted by atomic mass is 79.9. The van der Waals surface area contributed by atoms with Crippen LogP contribution in [-0.2, 0) is 4.74 Å². The molecule has 0 spiro atoms. The minimum absolute atomic E-state index is 0.00568. The van der Waals surface area contributed by atoms with Gasteiger partial charge in [0.05, 0.1) is 17.9 Å². The number of nitrogens with zero attached hydrogens (tertiary/aromatic N) is 2. The summed E-state index contributed by atoms with van der Waals surface area (Å²) in [5, 5.41) is 8.58. The van der Waals surface area contributed by atoms with Crippen LogP contribution in [0.25, 0.3) is 0 Å². The fourth-order valence-corrected chi connectivity index (χ4v) is 1.99. The van der Waals surface area contributed by atoms with Gasteiger partial charge in [-0.05, 0) is 41.1 Å². The smallest absolute Gasteiger partial charge is 0.338 e. The number of halogens is 1. The number of ether oxygens (including phenoxy) is 1. The van der Waals surface area contributed by atoms with Gasteiger partial charge in [0, 0.05) is 4.47 Å². The Morgan fingerprint density at radius 2 is 2.24 bits per heavy atom. The van der Waals surface area contributed by atoms with Gasteiger partial charge in [0.1, 0.15) is 0 Å². The molecule has 1 aromatic carbocycles. The first-order valence-corrected chi connectivity index (χ1v) is 6.76. The second kappa shape index (κ2) is 6.35. The lowest BCUT2D eigenvalue weighted by molar-refractivity contribution is 0.0526. The maximum absolute atomic E-state index is 11.9. The van der Waals surface area contributed by atoms with Crippen molar-refractivity contribution < 1.29 is 14.3 Å². The zero-order chi connectivity index (χ0) is 15.4. The lowest BCUT2D eigenvalue weighted by Gasteiger charge is -2.08. The average molecular weight is 354 g/mol. The highest BCUT2D eigenvalue weighted by Gasteiger charge is 2.14. The molecule has 0 aliphatic carbocycles. The van der Waals surface area contributed by atoms with E-state index in [1.54, 1.807) is 25.1 Å². The van der Waals surface area contributed by atoms with E-state index in [9.17, 15) is 9.59 Å². The Bertz CT molecular complexity index is 685. The SMILES string of the molecule is CCOC(=O)c1ccc(NC(=O)c2nc(N)n[nH]2)c(Br)c1. The molecule has 0 radical (unpaired) electrons. The Kier molecular flexibility index (Phi) is 4.53. The highest BCUT2D eigenvalue weighted by Crippen LogP contribution is 2.24. The van der Waals surface area contributed by atoms with Crippen LogP contribution in [0.15, 0.2) is 22.7 Å². The molecule has 2 aromatic rings. The van der Waals surface area contributed by atoms with Crippen LogP contribution in [0.2, 0.25) is 0 Å². The zero-order valence-corrected chi connectivity index (χ0v) is 12.6. The second-order valence-electron chi connectivity index (χ2n) is 3.91. The van der Waals surface area contributed by atoms with Gasteiger partial charge in [0.15, 0.2) is 0 Å². The van der Waals surface area contributed by atoms with E-state index in [1.165, 1.54) is 0 Å². The van der Waals surface area contributed by atoms with Crippen LogP contribution in [-0.4, -0.2) is 33.7 Å². The molecule has 0 atom stereocenters. The number of nitrogens with one attached hydrogen (secondary N) is 2. The largest absolute Gasteiger partial charge is 0.462 e. The molecule has 0 aliphatic rings. The van der Waals surface area contributed by atoms with Crippen molar-refractivity contribution in [2.45, 2.75) is 6.92 Å². The molecule has 0 saturated carbocycles. The number of aromatic amines is 1. The lowest BCUT2D eigenvalue weighted by atomic mass is 10.2. The van der Waals surface area contributed by atoms with Crippen LogP contribution < -0.4 is 11.1 Å². The number of hydrogen-bond acceptors (Lipinski definition) is 6. The van der Waals surface area contributed by atoms with E-state index in [-0.39, 0.29) is 11.8 Å². The number of carbonyl (C=O) groups excluding carboxylic acids is 2. The molecular weight excluding hydrogens is 342 g/mol. The number of nitrogens with two attached hydrogens (primary N) is 1. The predicted octanol–water partition coefficient (Wildman–Crippen LogP) is 1.58. The first-order valence-electron chi connectivity index (χ1n) is 5.97. The van der Waals surface area contributed by atoms with Crippen LogP contribution in [0.4, 0.5) is 11.6 Å². The molecule has 4 N–H and O–H groups in total. The maximum atomic E-state index is 11.9. The van der Waals surface area contributed by atoms with Gasteiger partial charge in [-0.25, -0.2) is 4.79 Å². The zero-order valence-electron chi connectivity index (χ0n) is 11.0. The topological polar surface area (TPSA) is 123 Å². The lowest BCUT2D eigenvalue weighted by Crippen LogP contribution is -2.14. The summed E-state index contributed by atoms with van der Waals surface area (Å²) in [6, 6.07) is 4.68. The predicted molar refractivity (Wildman–Crippen MR) is 78.8 cm³/mol. The average Bonchev–Trinajstić information content (AvgIpc) is 2.88. The monoisotopic (exact) mass is 353 g/mol. The number of amides is 1. The maximum Gasteiger partial charge on any atom is 0.338 e. The normalized spacial score (nSPS) is 10.2. The molecule has 110 valence electrons. The Morgan fingerprint density at radius 1 is 1.48 bits per heavy atom. The van der Waals surface area contributed by atoms with Crippen molar-refractivity contribution in [1.82, 2.24) is 15.2 Å². The van der Waals surface area contributed by atoms with E-state index in [2.05, 4.69) is 36.4 Å². The van der Waals surface area contributed by atoms with Crippen molar-refractivity contribution in [3.8, 4) is 0 Å². The van der Waals surface area contributed by atoms with Crippen LogP contribution >= 0.6 is 15.9 Å². The van der Waals surface area contributed by atoms with Crippen molar-refractivity contribution in [3.05, 3.63) is 34.1 Å². The summed E-state index contributed by atoms with van der Waals surface area (Å²) in [7, 11) is 0. The molecule has 1 heterocycles. The Labute approximate surface area is 128 Å². The number of hydrogen-bond donors (Lipinski definition) is 3. The van der Waals surface area contributed by atoms with E-state index in [0.29, 0.717) is 22.3 Å². The second-order valence-corrected chi connectivity index (χ2v) is 4.77. The first kappa shape index (κ1) is 15.0. The summed E-state index contributed by atoms with van der Waals surface area (Å²) in [5.74, 6) is -0.950.